The second-order valence-corrected chi connectivity index (χ2v) is 7.73. The highest BCUT2D eigenvalue weighted by molar-refractivity contribution is 5.81. The Kier molecular flexibility index (Phi) is 8.65. The van der Waals surface area contributed by atoms with Gasteiger partial charge in [-0.2, -0.15) is 0 Å². The third-order valence-corrected chi connectivity index (χ3v) is 5.54. The van der Waals surface area contributed by atoms with Crippen LogP contribution in [0.2, 0.25) is 0 Å². The second kappa shape index (κ2) is 11.9. The van der Waals surface area contributed by atoms with Crippen molar-refractivity contribution >= 4 is 18.2 Å². The summed E-state index contributed by atoms with van der Waals surface area (Å²) in [4.78, 5) is 36.6. The normalized spacial score (nSPS) is 18.7. The van der Waals surface area contributed by atoms with Crippen molar-refractivity contribution in [3.05, 3.63) is 71.8 Å². The molecule has 33 heavy (non-hydrogen) atoms. The summed E-state index contributed by atoms with van der Waals surface area (Å²) < 4.78 is 10.2. The zero-order valence-electron chi connectivity index (χ0n) is 18.2. The van der Waals surface area contributed by atoms with Crippen molar-refractivity contribution in [1.29, 1.82) is 0 Å². The summed E-state index contributed by atoms with van der Waals surface area (Å²) in [5.41, 5.74) is 1.85. The van der Waals surface area contributed by atoms with E-state index < -0.39 is 18.1 Å². The third kappa shape index (κ3) is 6.69. The molecule has 2 heterocycles. The highest BCUT2D eigenvalue weighted by atomic mass is 16.6. The van der Waals surface area contributed by atoms with Crippen molar-refractivity contribution in [3.8, 4) is 0 Å². The van der Waals surface area contributed by atoms with Crippen LogP contribution in [0.25, 0.3) is 0 Å². The van der Waals surface area contributed by atoms with Gasteiger partial charge in [0.2, 0.25) is 0 Å². The molecule has 0 aromatic heterocycles. The number of hydrogen-bond donors (Lipinski definition) is 2. The molecule has 0 unspecified atom stereocenters. The number of ether oxygens (including phenoxy) is 2. The van der Waals surface area contributed by atoms with E-state index >= 15 is 0 Å². The number of carboxylic acid groups (broad SMARTS) is 1. The smallest absolute Gasteiger partial charge is 0.410 e. The van der Waals surface area contributed by atoms with Gasteiger partial charge in [0, 0.05) is 13.1 Å². The van der Waals surface area contributed by atoms with Crippen LogP contribution in [0, 0.1) is 0 Å². The fourth-order valence-electron chi connectivity index (χ4n) is 3.34. The van der Waals surface area contributed by atoms with E-state index in [0.717, 1.165) is 17.5 Å². The number of nitrogens with zero attached hydrogens (tertiary/aromatic N) is 2. The lowest BCUT2D eigenvalue weighted by atomic mass is 10.1. The van der Waals surface area contributed by atoms with Crippen LogP contribution in [0.4, 0.5) is 9.59 Å². The Morgan fingerprint density at radius 2 is 1.27 bits per heavy atom. The molecule has 2 fully saturated rings. The second-order valence-electron chi connectivity index (χ2n) is 7.73. The average Bonchev–Trinajstić information content (AvgIpc) is 2.77. The first-order chi connectivity index (χ1) is 16.0. The van der Waals surface area contributed by atoms with Gasteiger partial charge >= 0.3 is 18.2 Å². The van der Waals surface area contributed by atoms with Gasteiger partial charge < -0.3 is 24.6 Å². The van der Waals surface area contributed by atoms with Crippen molar-refractivity contribution in [2.75, 3.05) is 19.7 Å². The molecule has 2 amide bonds. The van der Waals surface area contributed by atoms with E-state index in [-0.39, 0.29) is 32.0 Å². The van der Waals surface area contributed by atoms with E-state index in [1.807, 2.05) is 60.7 Å². The molecule has 2 atom stereocenters. The van der Waals surface area contributed by atoms with Gasteiger partial charge in [0.1, 0.15) is 19.3 Å². The minimum atomic E-state index is -0.979. The molecule has 2 aliphatic heterocycles. The van der Waals surface area contributed by atoms with Crippen molar-refractivity contribution in [2.24, 2.45) is 0 Å². The molecule has 0 radical (unpaired) electrons. The standard InChI is InChI=1S/C12H13NO4.C12H15NO3/c14-11(15)10-6-7-13(10)12(16)17-8-9-4-2-1-3-5-9;14-8-11-6-7-13(11)12(15)16-9-10-4-2-1-3-5-10/h1-5,10H,6-8H2,(H,14,15);1-5,11,14H,6-9H2/t10-;11-/m00/s1. The molecular weight excluding hydrogens is 428 g/mol. The Labute approximate surface area is 192 Å². The molecule has 0 aliphatic carbocycles. The molecule has 0 spiro atoms. The molecule has 9 heteroatoms. The Balaban J connectivity index is 0.000000186. The maximum absolute atomic E-state index is 11.6. The number of hydrogen-bond acceptors (Lipinski definition) is 6. The molecule has 2 aliphatic rings. The van der Waals surface area contributed by atoms with Crippen LogP contribution in [0.15, 0.2) is 60.7 Å². The summed E-state index contributed by atoms with van der Waals surface area (Å²) in [6.45, 7) is 1.60. The number of rotatable bonds is 6. The Morgan fingerprint density at radius 1 is 0.788 bits per heavy atom. The largest absolute Gasteiger partial charge is 0.480 e. The van der Waals surface area contributed by atoms with Gasteiger partial charge in [-0.3, -0.25) is 4.90 Å². The first-order valence-electron chi connectivity index (χ1n) is 10.8. The van der Waals surface area contributed by atoms with Gasteiger partial charge in [-0.25, -0.2) is 14.4 Å². The fraction of sp³-hybridized carbons (Fsp3) is 0.375. The molecule has 0 saturated carbocycles. The molecular formula is C24H28N2O7. The van der Waals surface area contributed by atoms with Crippen molar-refractivity contribution < 1.29 is 34.1 Å². The van der Waals surface area contributed by atoms with Crippen LogP contribution in [0.1, 0.15) is 24.0 Å². The lowest BCUT2D eigenvalue weighted by Gasteiger charge is -2.38. The van der Waals surface area contributed by atoms with E-state index in [9.17, 15) is 14.4 Å². The predicted molar refractivity (Wildman–Crippen MR) is 118 cm³/mol. The molecule has 9 nitrogen and oxygen atoms in total. The quantitative estimate of drug-likeness (QED) is 0.686. The van der Waals surface area contributed by atoms with E-state index in [4.69, 9.17) is 19.7 Å². The minimum Gasteiger partial charge on any atom is -0.480 e. The maximum atomic E-state index is 11.6. The van der Waals surface area contributed by atoms with Crippen LogP contribution in [0.5, 0.6) is 0 Å². The number of benzene rings is 2. The summed E-state index contributed by atoms with van der Waals surface area (Å²) >= 11 is 0. The SMILES string of the molecule is O=C(O)[C@@H]1CCN1C(=O)OCc1ccccc1.O=C(OCc1ccccc1)N1CC[C@H]1CO. The number of carbonyl (C=O) groups is 3. The first kappa shape index (κ1) is 24.1. The molecule has 0 bridgehead atoms. The lowest BCUT2D eigenvalue weighted by molar-refractivity contribution is -0.146. The van der Waals surface area contributed by atoms with Gasteiger partial charge in [-0.15, -0.1) is 0 Å². The number of likely N-dealkylation sites (tertiary alicyclic amines) is 2. The Morgan fingerprint density at radius 3 is 1.64 bits per heavy atom. The number of carbonyl (C=O) groups excluding carboxylic acids is 2. The summed E-state index contributed by atoms with van der Waals surface area (Å²) in [6.07, 6.45) is 0.453. The van der Waals surface area contributed by atoms with Gasteiger partial charge in [0.15, 0.2) is 0 Å². The number of aliphatic hydroxyl groups excluding tert-OH is 1. The van der Waals surface area contributed by atoms with Gasteiger partial charge in [0.05, 0.1) is 12.6 Å². The van der Waals surface area contributed by atoms with E-state index in [1.54, 1.807) is 4.90 Å². The summed E-state index contributed by atoms with van der Waals surface area (Å²) in [7, 11) is 0. The van der Waals surface area contributed by atoms with Crippen molar-refractivity contribution in [3.63, 3.8) is 0 Å². The maximum Gasteiger partial charge on any atom is 0.410 e. The zero-order chi connectivity index (χ0) is 23.6. The number of aliphatic hydroxyl groups is 1. The molecule has 2 aromatic carbocycles. The average molecular weight is 456 g/mol. The fourth-order valence-corrected chi connectivity index (χ4v) is 3.34. The topological polar surface area (TPSA) is 117 Å². The minimum absolute atomic E-state index is 0.0143. The predicted octanol–water partition coefficient (Wildman–Crippen LogP) is 2.87. The van der Waals surface area contributed by atoms with Crippen LogP contribution < -0.4 is 0 Å². The number of aliphatic carboxylic acids is 1. The molecule has 2 N–H and O–H groups in total. The van der Waals surface area contributed by atoms with E-state index in [1.165, 1.54) is 4.90 Å². The van der Waals surface area contributed by atoms with Crippen molar-refractivity contribution in [2.45, 2.75) is 38.1 Å². The van der Waals surface area contributed by atoms with Crippen LogP contribution in [-0.4, -0.2) is 69.9 Å². The molecule has 4 rings (SSSR count). The number of carboxylic acids is 1. The Bertz CT molecular complexity index is 921. The molecule has 2 aromatic rings. The Hall–Kier alpha value is -3.59. The first-order valence-corrected chi connectivity index (χ1v) is 10.8. The van der Waals surface area contributed by atoms with Gasteiger partial charge in [-0.1, -0.05) is 60.7 Å². The van der Waals surface area contributed by atoms with Gasteiger partial charge in [-0.05, 0) is 24.0 Å². The summed E-state index contributed by atoms with van der Waals surface area (Å²) in [6, 6.07) is 18.0. The van der Waals surface area contributed by atoms with E-state index in [2.05, 4.69) is 0 Å². The highest BCUT2D eigenvalue weighted by Crippen LogP contribution is 2.19. The number of amides is 2. The summed E-state index contributed by atoms with van der Waals surface area (Å²) in [5.74, 6) is -0.979. The molecule has 176 valence electrons. The van der Waals surface area contributed by atoms with Crippen LogP contribution in [0.3, 0.4) is 0 Å². The van der Waals surface area contributed by atoms with Crippen LogP contribution >= 0.6 is 0 Å². The summed E-state index contributed by atoms with van der Waals surface area (Å²) in [5, 5.41) is 17.7. The zero-order valence-corrected chi connectivity index (χ0v) is 18.2. The lowest BCUT2D eigenvalue weighted by Crippen LogP contribution is -2.55. The van der Waals surface area contributed by atoms with Crippen molar-refractivity contribution in [1.82, 2.24) is 9.80 Å². The monoisotopic (exact) mass is 456 g/mol. The van der Waals surface area contributed by atoms with E-state index in [0.29, 0.717) is 19.5 Å². The van der Waals surface area contributed by atoms with Crippen LogP contribution in [-0.2, 0) is 27.5 Å². The van der Waals surface area contributed by atoms with Gasteiger partial charge in [0.25, 0.3) is 0 Å². The third-order valence-electron chi connectivity index (χ3n) is 5.54. The molecule has 2 saturated heterocycles. The highest BCUT2D eigenvalue weighted by Gasteiger charge is 2.38.